The Kier molecular flexibility index (Phi) is 2.89. The SMILES string of the molecule is CC1(CCCN)Cc2cc(Cl)ccc2O1. The van der Waals surface area contributed by atoms with Gasteiger partial charge in [-0.05, 0) is 50.1 Å². The molecule has 15 heavy (non-hydrogen) atoms. The van der Waals surface area contributed by atoms with E-state index in [-0.39, 0.29) is 5.60 Å². The van der Waals surface area contributed by atoms with Crippen LogP contribution in [0.1, 0.15) is 25.3 Å². The third-order valence-corrected chi connectivity index (χ3v) is 3.09. The van der Waals surface area contributed by atoms with Gasteiger partial charge in [0.2, 0.25) is 0 Å². The van der Waals surface area contributed by atoms with Crippen molar-refractivity contribution in [3.63, 3.8) is 0 Å². The average Bonchev–Trinajstić information content (AvgIpc) is 2.51. The number of ether oxygens (including phenoxy) is 1. The molecule has 0 aromatic heterocycles. The van der Waals surface area contributed by atoms with E-state index in [0.717, 1.165) is 36.6 Å². The van der Waals surface area contributed by atoms with Crippen molar-refractivity contribution in [3.8, 4) is 5.75 Å². The Hall–Kier alpha value is -0.730. The van der Waals surface area contributed by atoms with Gasteiger partial charge < -0.3 is 10.5 Å². The van der Waals surface area contributed by atoms with Crippen LogP contribution in [0.15, 0.2) is 18.2 Å². The Morgan fingerprint density at radius 2 is 2.33 bits per heavy atom. The van der Waals surface area contributed by atoms with Gasteiger partial charge in [-0.3, -0.25) is 0 Å². The fourth-order valence-electron chi connectivity index (χ4n) is 2.11. The number of nitrogens with two attached hydrogens (primary N) is 1. The lowest BCUT2D eigenvalue weighted by Gasteiger charge is -2.23. The molecule has 0 fully saturated rings. The van der Waals surface area contributed by atoms with Crippen molar-refractivity contribution in [1.29, 1.82) is 0 Å². The molecule has 1 unspecified atom stereocenters. The number of benzene rings is 1. The molecule has 1 aliphatic heterocycles. The fourth-order valence-corrected chi connectivity index (χ4v) is 2.30. The van der Waals surface area contributed by atoms with Gasteiger partial charge in [0.15, 0.2) is 0 Å². The van der Waals surface area contributed by atoms with Gasteiger partial charge >= 0.3 is 0 Å². The Morgan fingerprint density at radius 1 is 1.53 bits per heavy atom. The highest BCUT2D eigenvalue weighted by Gasteiger charge is 2.33. The minimum Gasteiger partial charge on any atom is -0.487 e. The van der Waals surface area contributed by atoms with Crippen LogP contribution in [0.5, 0.6) is 5.75 Å². The smallest absolute Gasteiger partial charge is 0.123 e. The lowest BCUT2D eigenvalue weighted by Crippen LogP contribution is -2.30. The van der Waals surface area contributed by atoms with Gasteiger partial charge in [0.1, 0.15) is 11.4 Å². The predicted octanol–water partition coefficient (Wildman–Crippen LogP) is 2.77. The molecule has 1 aromatic carbocycles. The summed E-state index contributed by atoms with van der Waals surface area (Å²) in [7, 11) is 0. The number of fused-ring (bicyclic) bond motifs is 1. The summed E-state index contributed by atoms with van der Waals surface area (Å²) in [6.07, 6.45) is 2.93. The maximum atomic E-state index is 5.95. The van der Waals surface area contributed by atoms with Crippen LogP contribution in [-0.4, -0.2) is 12.1 Å². The molecule has 0 bridgehead atoms. The molecule has 0 spiro atoms. The van der Waals surface area contributed by atoms with Crippen LogP contribution in [0.25, 0.3) is 0 Å². The summed E-state index contributed by atoms with van der Waals surface area (Å²) in [5.41, 5.74) is 6.64. The molecule has 0 saturated heterocycles. The van der Waals surface area contributed by atoms with Crippen LogP contribution >= 0.6 is 11.6 Å². The van der Waals surface area contributed by atoms with E-state index < -0.39 is 0 Å². The summed E-state index contributed by atoms with van der Waals surface area (Å²) < 4.78 is 5.94. The quantitative estimate of drug-likeness (QED) is 0.859. The number of hydrogen-bond acceptors (Lipinski definition) is 2. The van der Waals surface area contributed by atoms with E-state index >= 15 is 0 Å². The second kappa shape index (κ2) is 4.03. The van der Waals surface area contributed by atoms with Crippen LogP contribution in [-0.2, 0) is 6.42 Å². The van der Waals surface area contributed by atoms with Gasteiger partial charge in [-0.2, -0.15) is 0 Å². The fraction of sp³-hybridized carbons (Fsp3) is 0.500. The second-order valence-electron chi connectivity index (χ2n) is 4.37. The van der Waals surface area contributed by atoms with Crippen LogP contribution in [0.3, 0.4) is 0 Å². The standard InChI is InChI=1S/C12H16ClNO/c1-12(5-2-6-14)8-9-7-10(13)3-4-11(9)15-12/h3-4,7H,2,5-6,8,14H2,1H3. The highest BCUT2D eigenvalue weighted by molar-refractivity contribution is 6.30. The van der Waals surface area contributed by atoms with Gasteiger partial charge in [0.25, 0.3) is 0 Å². The monoisotopic (exact) mass is 225 g/mol. The summed E-state index contributed by atoms with van der Waals surface area (Å²) in [5.74, 6) is 0.971. The van der Waals surface area contributed by atoms with E-state index in [1.165, 1.54) is 5.56 Å². The molecule has 0 amide bonds. The van der Waals surface area contributed by atoms with E-state index in [1.54, 1.807) is 0 Å². The molecule has 0 aliphatic carbocycles. The van der Waals surface area contributed by atoms with Crippen molar-refractivity contribution in [2.45, 2.75) is 31.8 Å². The molecular formula is C12H16ClNO. The summed E-state index contributed by atoms with van der Waals surface area (Å²) in [5, 5.41) is 0.778. The highest BCUT2D eigenvalue weighted by atomic mass is 35.5. The van der Waals surface area contributed by atoms with E-state index in [0.29, 0.717) is 0 Å². The lowest BCUT2D eigenvalue weighted by molar-refractivity contribution is 0.104. The molecule has 0 radical (unpaired) electrons. The minimum absolute atomic E-state index is 0.0909. The van der Waals surface area contributed by atoms with Crippen molar-refractivity contribution in [2.24, 2.45) is 5.73 Å². The molecule has 1 aromatic rings. The third kappa shape index (κ3) is 2.27. The molecule has 2 nitrogen and oxygen atoms in total. The molecule has 0 saturated carbocycles. The largest absolute Gasteiger partial charge is 0.487 e. The summed E-state index contributed by atoms with van der Waals surface area (Å²) in [6.45, 7) is 2.85. The van der Waals surface area contributed by atoms with Crippen LogP contribution < -0.4 is 10.5 Å². The van der Waals surface area contributed by atoms with E-state index in [1.807, 2.05) is 18.2 Å². The highest BCUT2D eigenvalue weighted by Crippen LogP contribution is 2.38. The third-order valence-electron chi connectivity index (χ3n) is 2.85. The van der Waals surface area contributed by atoms with Crippen LogP contribution in [0.2, 0.25) is 5.02 Å². The van der Waals surface area contributed by atoms with Crippen LogP contribution in [0, 0.1) is 0 Å². The first-order chi connectivity index (χ1) is 7.13. The summed E-state index contributed by atoms with van der Waals surface area (Å²) >= 11 is 5.95. The van der Waals surface area contributed by atoms with Crippen molar-refractivity contribution < 1.29 is 4.74 Å². The first kappa shape index (κ1) is 10.8. The molecule has 1 heterocycles. The van der Waals surface area contributed by atoms with E-state index in [4.69, 9.17) is 22.1 Å². The number of hydrogen-bond donors (Lipinski definition) is 1. The van der Waals surface area contributed by atoms with Crippen molar-refractivity contribution >= 4 is 11.6 Å². The molecule has 2 rings (SSSR count). The Balaban J connectivity index is 2.14. The molecular weight excluding hydrogens is 210 g/mol. The molecule has 3 heteroatoms. The summed E-state index contributed by atoms with van der Waals surface area (Å²) in [4.78, 5) is 0. The Morgan fingerprint density at radius 3 is 3.07 bits per heavy atom. The zero-order valence-electron chi connectivity index (χ0n) is 8.92. The molecule has 2 N–H and O–H groups in total. The molecule has 1 atom stereocenters. The Bertz CT molecular complexity index is 367. The maximum Gasteiger partial charge on any atom is 0.123 e. The molecule has 1 aliphatic rings. The van der Waals surface area contributed by atoms with Gasteiger partial charge in [-0.1, -0.05) is 11.6 Å². The van der Waals surface area contributed by atoms with Gasteiger partial charge in [-0.15, -0.1) is 0 Å². The first-order valence-electron chi connectivity index (χ1n) is 5.30. The zero-order chi connectivity index (χ0) is 10.9. The Labute approximate surface area is 95.4 Å². The van der Waals surface area contributed by atoms with Crippen LogP contribution in [0.4, 0.5) is 0 Å². The number of rotatable bonds is 3. The van der Waals surface area contributed by atoms with Crippen molar-refractivity contribution in [2.75, 3.05) is 6.54 Å². The first-order valence-corrected chi connectivity index (χ1v) is 5.68. The maximum absolute atomic E-state index is 5.95. The normalized spacial score (nSPS) is 23.7. The topological polar surface area (TPSA) is 35.2 Å². The van der Waals surface area contributed by atoms with Gasteiger partial charge in [0, 0.05) is 11.4 Å². The van der Waals surface area contributed by atoms with Crippen molar-refractivity contribution in [1.82, 2.24) is 0 Å². The van der Waals surface area contributed by atoms with Crippen molar-refractivity contribution in [3.05, 3.63) is 28.8 Å². The minimum atomic E-state index is -0.0909. The molecule has 82 valence electrons. The zero-order valence-corrected chi connectivity index (χ0v) is 9.68. The average molecular weight is 226 g/mol. The summed E-state index contributed by atoms with van der Waals surface area (Å²) in [6, 6.07) is 5.81. The van der Waals surface area contributed by atoms with Gasteiger partial charge in [-0.25, -0.2) is 0 Å². The predicted molar refractivity (Wildman–Crippen MR) is 62.5 cm³/mol. The second-order valence-corrected chi connectivity index (χ2v) is 4.81. The lowest BCUT2D eigenvalue weighted by atomic mass is 9.94. The van der Waals surface area contributed by atoms with E-state index in [2.05, 4.69) is 6.92 Å². The van der Waals surface area contributed by atoms with Gasteiger partial charge in [0.05, 0.1) is 0 Å². The van der Waals surface area contributed by atoms with E-state index in [9.17, 15) is 0 Å². The number of halogens is 1.